The van der Waals surface area contributed by atoms with E-state index < -0.39 is 0 Å². The van der Waals surface area contributed by atoms with Crippen LogP contribution in [0.2, 0.25) is 0 Å². The van der Waals surface area contributed by atoms with Crippen LogP contribution in [0.1, 0.15) is 25.7 Å². The summed E-state index contributed by atoms with van der Waals surface area (Å²) in [5.41, 5.74) is 2.46. The topological polar surface area (TPSA) is 38.3 Å². The third-order valence-electron chi connectivity index (χ3n) is 3.10. The molecule has 0 amide bonds. The standard InChI is InChI=1S/C15H16BrNO2S/c1-9-12(15(18)19-3)5-4-6-14(9)17-8-11-7-13(16)10(2)20-11/h4-7,17H,8H2,1-3H3. The maximum absolute atomic E-state index is 11.7. The highest BCUT2D eigenvalue weighted by molar-refractivity contribution is 9.10. The number of esters is 1. The molecule has 1 aromatic heterocycles. The van der Waals surface area contributed by atoms with Crippen molar-refractivity contribution in [3.8, 4) is 0 Å². The van der Waals surface area contributed by atoms with E-state index in [-0.39, 0.29) is 5.97 Å². The molecule has 0 spiro atoms. The number of hydrogen-bond donors (Lipinski definition) is 1. The number of ether oxygens (including phenoxy) is 1. The van der Waals surface area contributed by atoms with E-state index in [0.717, 1.165) is 22.3 Å². The van der Waals surface area contributed by atoms with Crippen molar-refractivity contribution in [3.05, 3.63) is 49.6 Å². The molecule has 5 heteroatoms. The lowest BCUT2D eigenvalue weighted by atomic mass is 10.1. The van der Waals surface area contributed by atoms with Crippen molar-refractivity contribution in [2.24, 2.45) is 0 Å². The molecule has 0 fully saturated rings. The molecule has 0 radical (unpaired) electrons. The zero-order chi connectivity index (χ0) is 14.7. The second kappa shape index (κ2) is 6.41. The molecule has 1 aromatic carbocycles. The Morgan fingerprint density at radius 2 is 2.15 bits per heavy atom. The number of aryl methyl sites for hydroxylation is 1. The van der Waals surface area contributed by atoms with Gasteiger partial charge in [-0.05, 0) is 53.5 Å². The van der Waals surface area contributed by atoms with Gasteiger partial charge in [0.1, 0.15) is 0 Å². The number of carbonyl (C=O) groups is 1. The van der Waals surface area contributed by atoms with Gasteiger partial charge < -0.3 is 10.1 Å². The van der Waals surface area contributed by atoms with Crippen LogP contribution in [0.5, 0.6) is 0 Å². The first-order valence-corrected chi connectivity index (χ1v) is 7.80. The van der Waals surface area contributed by atoms with Gasteiger partial charge >= 0.3 is 5.97 Å². The molecule has 1 N–H and O–H groups in total. The third-order valence-corrected chi connectivity index (χ3v) is 5.24. The SMILES string of the molecule is COC(=O)c1cccc(NCc2cc(Br)c(C)s2)c1C. The van der Waals surface area contributed by atoms with Crippen LogP contribution in [0.4, 0.5) is 5.69 Å². The van der Waals surface area contributed by atoms with Crippen molar-refractivity contribution in [1.29, 1.82) is 0 Å². The molecule has 0 aliphatic heterocycles. The quantitative estimate of drug-likeness (QED) is 0.820. The van der Waals surface area contributed by atoms with Crippen molar-refractivity contribution >= 4 is 38.9 Å². The smallest absolute Gasteiger partial charge is 0.338 e. The van der Waals surface area contributed by atoms with E-state index in [1.807, 2.05) is 19.1 Å². The first-order chi connectivity index (χ1) is 9.52. The lowest BCUT2D eigenvalue weighted by molar-refractivity contribution is 0.0600. The summed E-state index contributed by atoms with van der Waals surface area (Å²) < 4.78 is 5.92. The summed E-state index contributed by atoms with van der Waals surface area (Å²) in [6, 6.07) is 7.72. The number of hydrogen-bond acceptors (Lipinski definition) is 4. The molecular formula is C15H16BrNO2S. The second-order valence-corrected chi connectivity index (χ2v) is 6.64. The van der Waals surface area contributed by atoms with Gasteiger partial charge in [0.05, 0.1) is 12.7 Å². The molecule has 106 valence electrons. The monoisotopic (exact) mass is 353 g/mol. The van der Waals surface area contributed by atoms with Crippen LogP contribution in [0.15, 0.2) is 28.7 Å². The summed E-state index contributed by atoms with van der Waals surface area (Å²) in [7, 11) is 1.40. The summed E-state index contributed by atoms with van der Waals surface area (Å²) in [4.78, 5) is 14.2. The van der Waals surface area contributed by atoms with Gasteiger partial charge in [-0.3, -0.25) is 0 Å². The second-order valence-electron chi connectivity index (χ2n) is 4.44. The molecule has 3 nitrogen and oxygen atoms in total. The van der Waals surface area contributed by atoms with E-state index >= 15 is 0 Å². The minimum atomic E-state index is -0.305. The molecule has 0 unspecified atom stereocenters. The molecule has 2 aromatic rings. The van der Waals surface area contributed by atoms with Crippen molar-refractivity contribution < 1.29 is 9.53 Å². The number of benzene rings is 1. The molecule has 2 rings (SSSR count). The Morgan fingerprint density at radius 1 is 1.40 bits per heavy atom. The van der Waals surface area contributed by atoms with Crippen LogP contribution in [-0.2, 0) is 11.3 Å². The van der Waals surface area contributed by atoms with Crippen LogP contribution >= 0.6 is 27.3 Å². The number of nitrogens with one attached hydrogen (secondary N) is 1. The number of methoxy groups -OCH3 is 1. The lowest BCUT2D eigenvalue weighted by Crippen LogP contribution is -2.07. The number of carbonyl (C=O) groups excluding carboxylic acids is 1. The van der Waals surface area contributed by atoms with Crippen LogP contribution < -0.4 is 5.32 Å². The summed E-state index contributed by atoms with van der Waals surface area (Å²) in [6.45, 7) is 4.74. The Labute approximate surface area is 131 Å². The average molecular weight is 354 g/mol. The van der Waals surface area contributed by atoms with Gasteiger partial charge in [0.2, 0.25) is 0 Å². The summed E-state index contributed by atoms with van der Waals surface area (Å²) >= 11 is 5.27. The van der Waals surface area contributed by atoms with E-state index in [9.17, 15) is 4.79 Å². The number of rotatable bonds is 4. The predicted octanol–water partition coefficient (Wildman–Crippen LogP) is 4.53. The zero-order valence-corrected chi connectivity index (χ0v) is 14.0. The summed E-state index contributed by atoms with van der Waals surface area (Å²) in [5, 5.41) is 3.37. The Hall–Kier alpha value is -1.33. The van der Waals surface area contributed by atoms with Gasteiger partial charge in [-0.15, -0.1) is 11.3 Å². The first kappa shape index (κ1) is 15.1. The van der Waals surface area contributed by atoms with E-state index in [1.165, 1.54) is 16.9 Å². The van der Waals surface area contributed by atoms with Gasteiger partial charge in [-0.2, -0.15) is 0 Å². The van der Waals surface area contributed by atoms with Gasteiger partial charge in [0.25, 0.3) is 0 Å². The van der Waals surface area contributed by atoms with Gasteiger partial charge in [0.15, 0.2) is 0 Å². The molecule has 0 saturated heterocycles. The average Bonchev–Trinajstić information content (AvgIpc) is 2.76. The molecule has 1 heterocycles. The Bertz CT molecular complexity index is 617. The molecule has 0 aliphatic rings. The largest absolute Gasteiger partial charge is 0.465 e. The van der Waals surface area contributed by atoms with E-state index in [0.29, 0.717) is 5.56 Å². The van der Waals surface area contributed by atoms with Gasteiger partial charge in [-0.25, -0.2) is 4.79 Å². The number of halogens is 1. The van der Waals surface area contributed by atoms with Crippen LogP contribution in [0, 0.1) is 13.8 Å². The van der Waals surface area contributed by atoms with Crippen molar-refractivity contribution in [2.75, 3.05) is 12.4 Å². The fourth-order valence-corrected chi connectivity index (χ4v) is 3.49. The predicted molar refractivity (Wildman–Crippen MR) is 86.6 cm³/mol. The normalized spacial score (nSPS) is 10.4. The Kier molecular flexibility index (Phi) is 4.83. The summed E-state index contributed by atoms with van der Waals surface area (Å²) in [6.07, 6.45) is 0. The minimum Gasteiger partial charge on any atom is -0.465 e. The van der Waals surface area contributed by atoms with E-state index in [1.54, 1.807) is 17.4 Å². The molecule has 0 saturated carbocycles. The highest BCUT2D eigenvalue weighted by Crippen LogP contribution is 2.27. The lowest BCUT2D eigenvalue weighted by Gasteiger charge is -2.11. The maximum atomic E-state index is 11.7. The van der Waals surface area contributed by atoms with Crippen LogP contribution in [0.3, 0.4) is 0 Å². The van der Waals surface area contributed by atoms with Crippen LogP contribution in [0.25, 0.3) is 0 Å². The Balaban J connectivity index is 2.15. The van der Waals surface area contributed by atoms with Gasteiger partial charge in [0, 0.05) is 26.5 Å². The fraction of sp³-hybridized carbons (Fsp3) is 0.267. The summed E-state index contributed by atoms with van der Waals surface area (Å²) in [5.74, 6) is -0.305. The van der Waals surface area contributed by atoms with Crippen LogP contribution in [-0.4, -0.2) is 13.1 Å². The van der Waals surface area contributed by atoms with Crippen molar-refractivity contribution in [3.63, 3.8) is 0 Å². The zero-order valence-electron chi connectivity index (χ0n) is 11.6. The molecule has 20 heavy (non-hydrogen) atoms. The highest BCUT2D eigenvalue weighted by atomic mass is 79.9. The van der Waals surface area contributed by atoms with Crippen molar-refractivity contribution in [2.45, 2.75) is 20.4 Å². The van der Waals surface area contributed by atoms with Crippen molar-refractivity contribution in [1.82, 2.24) is 0 Å². The molecule has 0 bridgehead atoms. The van der Waals surface area contributed by atoms with E-state index in [4.69, 9.17) is 4.74 Å². The first-order valence-electron chi connectivity index (χ1n) is 6.19. The highest BCUT2D eigenvalue weighted by Gasteiger charge is 2.11. The fourth-order valence-electron chi connectivity index (χ4n) is 1.95. The third kappa shape index (κ3) is 3.22. The van der Waals surface area contributed by atoms with E-state index in [2.05, 4.69) is 34.2 Å². The maximum Gasteiger partial charge on any atom is 0.338 e. The number of thiophene rings is 1. The molecule has 0 atom stereocenters. The molecule has 0 aliphatic carbocycles. The van der Waals surface area contributed by atoms with Gasteiger partial charge in [-0.1, -0.05) is 6.07 Å². The minimum absolute atomic E-state index is 0.305. The Morgan fingerprint density at radius 3 is 2.75 bits per heavy atom. The number of anilines is 1. The molecular weight excluding hydrogens is 338 g/mol.